The van der Waals surface area contributed by atoms with Gasteiger partial charge in [0.25, 0.3) is 0 Å². The Morgan fingerprint density at radius 1 is 0.107 bits per heavy atom. The summed E-state index contributed by atoms with van der Waals surface area (Å²) in [5, 5.41) is 25.4. The maximum Gasteiger partial charge on any atom is 0.0541 e. The zero-order valence-corrected chi connectivity index (χ0v) is 66.3. The van der Waals surface area contributed by atoms with E-state index in [-0.39, 0.29) is 0 Å². The molecular weight excluding hydrogens is 1460 g/mol. The van der Waals surface area contributed by atoms with Crippen molar-refractivity contribution in [1.82, 2.24) is 13.7 Å². The maximum atomic E-state index is 2.43. The fourth-order valence-electron chi connectivity index (χ4n) is 19.2. The molecule has 0 amide bonds. The lowest BCUT2D eigenvalue weighted by atomic mass is 9.91. The first-order valence-electron chi connectivity index (χ1n) is 41.8. The number of benzene rings is 22. The van der Waals surface area contributed by atoms with Crippen molar-refractivity contribution < 1.29 is 0 Å². The van der Waals surface area contributed by atoms with E-state index in [1.165, 1.54) is 225 Å². The normalized spacial score (nSPS) is 11.6. The van der Waals surface area contributed by atoms with E-state index in [0.717, 1.165) is 0 Å². The van der Waals surface area contributed by atoms with Crippen LogP contribution < -0.4 is 0 Å². The Morgan fingerprint density at radius 2 is 0.380 bits per heavy atom. The van der Waals surface area contributed by atoms with Crippen LogP contribution in [0.3, 0.4) is 0 Å². The molecule has 0 saturated carbocycles. The Bertz CT molecular complexity index is 8410. The standard InChI is InChI=1S/C42H27N.2C38H25N/c1-4-17-34-28(11-1)13-10-22-40(34)43-41-21-8-7-20-37(41)39-26-30(23-24-42(39)43)29-14-9-15-31(25-29)38-27-32-12-2-3-16-33(32)35-18-5-6-19-36(35)38;1-3-16-31-26(10-1)12-8-19-32(31)30-15-7-14-28(24-30)29-22-23-38-35(25-29)34-18-5-6-20-37(34)39(38)36-21-9-13-27-11-2-4-17-33(27)36;1-2-11-28-23-31(20-19-26(28)9-1)29-13-7-14-30(24-29)32-21-22-38-35(25-32)34-16-5-6-17-37(34)39(38)36-18-8-12-27-10-3-4-15-33(27)36/h1-27H;2*1-25H. The molecule has 0 aliphatic carbocycles. The van der Waals surface area contributed by atoms with Crippen molar-refractivity contribution in [1.29, 1.82) is 0 Å². The summed E-state index contributed by atoms with van der Waals surface area (Å²) in [5.41, 5.74) is 25.8. The van der Waals surface area contributed by atoms with Crippen molar-refractivity contribution in [3.63, 3.8) is 0 Å². The highest BCUT2D eigenvalue weighted by atomic mass is 15.0. The number of hydrogen-bond acceptors (Lipinski definition) is 0. The van der Waals surface area contributed by atoms with Crippen LogP contribution in [0.5, 0.6) is 0 Å². The average Bonchev–Trinajstić information content (AvgIpc) is 1.63. The molecule has 0 saturated heterocycles. The van der Waals surface area contributed by atoms with E-state index < -0.39 is 0 Å². The van der Waals surface area contributed by atoms with Crippen LogP contribution in [-0.2, 0) is 0 Å². The van der Waals surface area contributed by atoms with Crippen molar-refractivity contribution >= 4 is 141 Å². The molecule has 0 unspecified atom stereocenters. The minimum absolute atomic E-state index is 1.21. The van der Waals surface area contributed by atoms with Crippen LogP contribution in [-0.4, -0.2) is 13.7 Å². The third kappa shape index (κ3) is 12.4. The molecule has 0 aliphatic rings. The second-order valence-corrected chi connectivity index (χ2v) is 31.8. The monoisotopic (exact) mass is 1540 g/mol. The number of nitrogens with zero attached hydrogens (tertiary/aromatic N) is 3. The fraction of sp³-hybridized carbons (Fsp3) is 0. The van der Waals surface area contributed by atoms with Crippen molar-refractivity contribution in [2.45, 2.75) is 0 Å². The molecule has 3 aromatic heterocycles. The molecular formula is C118H77N3. The summed E-state index contributed by atoms with van der Waals surface area (Å²) >= 11 is 0. The lowest BCUT2D eigenvalue weighted by Crippen LogP contribution is -1.95. The Morgan fingerprint density at radius 3 is 0.826 bits per heavy atom. The van der Waals surface area contributed by atoms with Crippen molar-refractivity contribution in [3.8, 4) is 83.8 Å². The quantitative estimate of drug-likeness (QED) is 0.128. The summed E-state index contributed by atoms with van der Waals surface area (Å²) in [5.74, 6) is 0. The van der Waals surface area contributed by atoms with Gasteiger partial charge in [-0.1, -0.05) is 364 Å². The second-order valence-electron chi connectivity index (χ2n) is 31.8. The molecule has 0 fully saturated rings. The molecule has 0 atom stereocenters. The van der Waals surface area contributed by atoms with E-state index in [1.54, 1.807) is 0 Å². The van der Waals surface area contributed by atoms with Crippen molar-refractivity contribution in [2.75, 3.05) is 0 Å². The van der Waals surface area contributed by atoms with E-state index in [2.05, 4.69) is 481 Å². The van der Waals surface area contributed by atoms with Crippen LogP contribution >= 0.6 is 0 Å². The van der Waals surface area contributed by atoms with E-state index in [9.17, 15) is 0 Å². The highest BCUT2D eigenvalue weighted by molar-refractivity contribution is 6.17. The zero-order valence-electron chi connectivity index (χ0n) is 66.3. The van der Waals surface area contributed by atoms with Gasteiger partial charge in [-0.05, 0) is 229 Å². The van der Waals surface area contributed by atoms with E-state index in [1.807, 2.05) is 0 Å². The van der Waals surface area contributed by atoms with Crippen LogP contribution in [0.25, 0.3) is 225 Å². The Balaban J connectivity index is 0.000000106. The van der Waals surface area contributed by atoms with Gasteiger partial charge in [0.05, 0.1) is 50.2 Å². The minimum Gasteiger partial charge on any atom is -0.309 e. The lowest BCUT2D eigenvalue weighted by molar-refractivity contribution is 1.20. The van der Waals surface area contributed by atoms with Gasteiger partial charge in [0.1, 0.15) is 0 Å². The van der Waals surface area contributed by atoms with E-state index in [4.69, 9.17) is 0 Å². The minimum atomic E-state index is 1.21. The largest absolute Gasteiger partial charge is 0.309 e. The molecule has 0 aliphatic heterocycles. The van der Waals surface area contributed by atoms with Crippen LogP contribution in [0.2, 0.25) is 0 Å². The van der Waals surface area contributed by atoms with Crippen molar-refractivity contribution in [2.24, 2.45) is 0 Å². The van der Waals surface area contributed by atoms with Gasteiger partial charge >= 0.3 is 0 Å². The Labute approximate surface area is 700 Å². The molecule has 3 heteroatoms. The summed E-state index contributed by atoms with van der Waals surface area (Å²) in [4.78, 5) is 0. The molecule has 22 aromatic carbocycles. The summed E-state index contributed by atoms with van der Waals surface area (Å²) in [7, 11) is 0. The molecule has 564 valence electrons. The number of aromatic nitrogens is 3. The van der Waals surface area contributed by atoms with Gasteiger partial charge in [0.2, 0.25) is 0 Å². The van der Waals surface area contributed by atoms with Crippen LogP contribution in [0.4, 0.5) is 0 Å². The van der Waals surface area contributed by atoms with Crippen LogP contribution in [0, 0.1) is 0 Å². The number of rotatable bonds is 9. The zero-order chi connectivity index (χ0) is 79.9. The number of fused-ring (bicyclic) bond motifs is 17. The first-order valence-corrected chi connectivity index (χ1v) is 41.8. The molecule has 0 N–H and O–H groups in total. The van der Waals surface area contributed by atoms with Gasteiger partial charge in [0.15, 0.2) is 0 Å². The average molecular weight is 1540 g/mol. The van der Waals surface area contributed by atoms with Gasteiger partial charge in [-0.2, -0.15) is 0 Å². The number of hydrogen-bond donors (Lipinski definition) is 0. The van der Waals surface area contributed by atoms with Crippen LogP contribution in [0.15, 0.2) is 467 Å². The van der Waals surface area contributed by atoms with Gasteiger partial charge < -0.3 is 13.7 Å². The van der Waals surface area contributed by atoms with E-state index >= 15 is 0 Å². The second kappa shape index (κ2) is 29.7. The topological polar surface area (TPSA) is 14.8 Å². The molecule has 0 radical (unpaired) electrons. The molecule has 0 bridgehead atoms. The SMILES string of the molecule is c1cc(-c2ccc3c(c2)c2ccccc2n3-c2cccc3ccccc23)cc(-c2cc3ccccc3c3ccccc23)c1.c1cc(-c2ccc3c(c2)c2ccccc2n3-c2cccc3ccccc23)cc(-c2cccc3ccccc23)c1.c1cc(-c2ccc3ccccc3c2)cc(-c2ccc3c(c2)c2ccccc2n3-c2cccc3ccccc23)c1. The molecule has 121 heavy (non-hydrogen) atoms. The van der Waals surface area contributed by atoms with Gasteiger partial charge in [0, 0.05) is 48.5 Å². The first kappa shape index (κ1) is 70.5. The summed E-state index contributed by atoms with van der Waals surface area (Å²) < 4.78 is 7.26. The predicted molar refractivity (Wildman–Crippen MR) is 518 cm³/mol. The molecule has 3 heterocycles. The van der Waals surface area contributed by atoms with Gasteiger partial charge in [-0.25, -0.2) is 0 Å². The third-order valence-electron chi connectivity index (χ3n) is 24.9. The first-order chi connectivity index (χ1) is 60.0. The number of para-hydroxylation sites is 3. The molecule has 25 aromatic rings. The smallest absolute Gasteiger partial charge is 0.0541 e. The third-order valence-corrected chi connectivity index (χ3v) is 24.9. The predicted octanol–water partition coefficient (Wildman–Crippen LogP) is 32.4. The van der Waals surface area contributed by atoms with E-state index in [0.29, 0.717) is 0 Å². The van der Waals surface area contributed by atoms with Crippen LogP contribution in [0.1, 0.15) is 0 Å². The highest BCUT2D eigenvalue weighted by Crippen LogP contribution is 2.44. The maximum absolute atomic E-state index is 2.43. The summed E-state index contributed by atoms with van der Waals surface area (Å²) in [6.45, 7) is 0. The molecule has 0 spiro atoms. The summed E-state index contributed by atoms with van der Waals surface area (Å²) in [6.07, 6.45) is 0. The fourth-order valence-corrected chi connectivity index (χ4v) is 19.2. The lowest BCUT2D eigenvalue weighted by Gasteiger charge is -2.13. The Kier molecular flexibility index (Phi) is 17.3. The molecule has 3 nitrogen and oxygen atoms in total. The van der Waals surface area contributed by atoms with Gasteiger partial charge in [-0.15, -0.1) is 0 Å². The Hall–Kier alpha value is -15.9. The molecule has 25 rings (SSSR count). The van der Waals surface area contributed by atoms with Crippen molar-refractivity contribution in [3.05, 3.63) is 467 Å². The highest BCUT2D eigenvalue weighted by Gasteiger charge is 2.21. The summed E-state index contributed by atoms with van der Waals surface area (Å²) in [6, 6.07) is 170. The van der Waals surface area contributed by atoms with Gasteiger partial charge in [-0.3, -0.25) is 0 Å².